The molecule has 1 unspecified atom stereocenters. The third-order valence-electron chi connectivity index (χ3n) is 3.08. The van der Waals surface area contributed by atoms with Crippen molar-refractivity contribution in [2.24, 2.45) is 0 Å². The van der Waals surface area contributed by atoms with Crippen molar-refractivity contribution in [2.45, 2.75) is 17.3 Å². The van der Waals surface area contributed by atoms with Crippen LogP contribution in [0.3, 0.4) is 0 Å². The van der Waals surface area contributed by atoms with Gasteiger partial charge in [0.05, 0.1) is 22.7 Å². The van der Waals surface area contributed by atoms with E-state index in [9.17, 15) is 4.39 Å². The largest absolute Gasteiger partial charge is 0.384 e. The molecule has 3 aromatic heterocycles. The number of pyridine rings is 1. The van der Waals surface area contributed by atoms with Crippen LogP contribution in [-0.4, -0.2) is 19.9 Å². The predicted molar refractivity (Wildman–Crippen MR) is 81.5 cm³/mol. The first-order valence-corrected chi connectivity index (χ1v) is 7.28. The van der Waals surface area contributed by atoms with E-state index in [4.69, 9.17) is 11.0 Å². The number of hydrogen-bond acceptors (Lipinski definition) is 6. The summed E-state index contributed by atoms with van der Waals surface area (Å²) in [4.78, 5) is 15.3. The van der Waals surface area contributed by atoms with E-state index in [0.717, 1.165) is 0 Å². The Kier molecular flexibility index (Phi) is 3.65. The Labute approximate surface area is 129 Å². The maximum absolute atomic E-state index is 13.6. The second-order valence-electron chi connectivity index (χ2n) is 4.62. The van der Waals surface area contributed by atoms with E-state index in [1.165, 1.54) is 24.0 Å². The summed E-state index contributed by atoms with van der Waals surface area (Å²) in [5.74, 6) is -0.0795. The highest BCUT2D eigenvalue weighted by Crippen LogP contribution is 2.33. The molecule has 0 aliphatic carbocycles. The second kappa shape index (κ2) is 5.61. The highest BCUT2D eigenvalue weighted by Gasteiger charge is 2.14. The summed E-state index contributed by atoms with van der Waals surface area (Å²) in [5, 5.41) is 9.66. The minimum absolute atomic E-state index is 0.118. The SMILES string of the molecule is CC(Sc1nc(N)cc(C#N)n1)c1cc2c(F)c[nH]c2cn1. The summed E-state index contributed by atoms with van der Waals surface area (Å²) in [5.41, 5.74) is 7.19. The van der Waals surface area contributed by atoms with Gasteiger partial charge in [-0.05, 0) is 13.0 Å². The van der Waals surface area contributed by atoms with Crippen molar-refractivity contribution in [3.63, 3.8) is 0 Å². The minimum Gasteiger partial charge on any atom is -0.384 e. The number of nitrogen functional groups attached to an aromatic ring is 1. The molecule has 0 saturated heterocycles. The van der Waals surface area contributed by atoms with Gasteiger partial charge in [0.25, 0.3) is 0 Å². The Balaban J connectivity index is 1.89. The summed E-state index contributed by atoms with van der Waals surface area (Å²) in [6, 6.07) is 5.04. The Morgan fingerprint density at radius 2 is 2.23 bits per heavy atom. The van der Waals surface area contributed by atoms with Crippen LogP contribution >= 0.6 is 11.8 Å². The van der Waals surface area contributed by atoms with E-state index in [1.807, 2.05) is 13.0 Å². The van der Waals surface area contributed by atoms with E-state index >= 15 is 0 Å². The van der Waals surface area contributed by atoms with Gasteiger partial charge in [0.15, 0.2) is 5.16 Å². The van der Waals surface area contributed by atoms with Gasteiger partial charge in [-0.3, -0.25) is 4.98 Å². The van der Waals surface area contributed by atoms with E-state index in [1.54, 1.807) is 12.3 Å². The van der Waals surface area contributed by atoms with Crippen LogP contribution in [0.1, 0.15) is 23.6 Å². The number of rotatable bonds is 3. The minimum atomic E-state index is -0.317. The number of nitrogens with zero attached hydrogens (tertiary/aromatic N) is 4. The van der Waals surface area contributed by atoms with Crippen LogP contribution in [0.2, 0.25) is 0 Å². The number of halogens is 1. The fourth-order valence-corrected chi connectivity index (χ4v) is 2.87. The van der Waals surface area contributed by atoms with Crippen LogP contribution in [0.15, 0.2) is 29.7 Å². The average Bonchev–Trinajstić information content (AvgIpc) is 2.87. The molecule has 8 heteroatoms. The first-order chi connectivity index (χ1) is 10.6. The lowest BCUT2D eigenvalue weighted by molar-refractivity contribution is 0.639. The predicted octanol–water partition coefficient (Wildman–Crippen LogP) is 2.80. The fourth-order valence-electron chi connectivity index (χ4n) is 2.00. The highest BCUT2D eigenvalue weighted by molar-refractivity contribution is 7.99. The second-order valence-corrected chi connectivity index (χ2v) is 5.93. The number of anilines is 1. The molecule has 3 rings (SSSR count). The molecule has 0 saturated carbocycles. The molecule has 0 fully saturated rings. The molecule has 6 nitrogen and oxygen atoms in total. The van der Waals surface area contributed by atoms with Crippen LogP contribution in [0.25, 0.3) is 10.9 Å². The summed E-state index contributed by atoms with van der Waals surface area (Å²) in [7, 11) is 0. The number of hydrogen-bond donors (Lipinski definition) is 2. The lowest BCUT2D eigenvalue weighted by atomic mass is 10.2. The highest BCUT2D eigenvalue weighted by atomic mass is 32.2. The molecule has 110 valence electrons. The molecule has 3 aromatic rings. The zero-order valence-corrected chi connectivity index (χ0v) is 12.4. The normalized spacial score (nSPS) is 12.2. The zero-order valence-electron chi connectivity index (χ0n) is 11.5. The van der Waals surface area contributed by atoms with Crippen molar-refractivity contribution in [3.05, 3.63) is 41.7 Å². The quantitative estimate of drug-likeness (QED) is 0.569. The molecule has 3 N–H and O–H groups in total. The van der Waals surface area contributed by atoms with Crippen LogP contribution in [0, 0.1) is 17.1 Å². The summed E-state index contributed by atoms with van der Waals surface area (Å²) in [6.07, 6.45) is 2.89. The van der Waals surface area contributed by atoms with Crippen LogP contribution < -0.4 is 5.73 Å². The molecule has 22 heavy (non-hydrogen) atoms. The third-order valence-corrected chi connectivity index (χ3v) is 4.06. The molecule has 0 spiro atoms. The van der Waals surface area contributed by atoms with Crippen molar-refractivity contribution in [2.75, 3.05) is 5.73 Å². The van der Waals surface area contributed by atoms with Gasteiger partial charge in [-0.15, -0.1) is 0 Å². The Bertz CT molecular complexity index is 885. The Morgan fingerprint density at radius 1 is 1.41 bits per heavy atom. The first kappa shape index (κ1) is 14.3. The number of aromatic amines is 1. The Hall–Kier alpha value is -2.66. The maximum Gasteiger partial charge on any atom is 0.191 e. The maximum atomic E-state index is 13.6. The van der Waals surface area contributed by atoms with Gasteiger partial charge in [-0.1, -0.05) is 11.8 Å². The lowest BCUT2D eigenvalue weighted by Crippen LogP contribution is -1.99. The van der Waals surface area contributed by atoms with Crippen molar-refractivity contribution < 1.29 is 4.39 Å². The third kappa shape index (κ3) is 2.71. The number of fused-ring (bicyclic) bond motifs is 1. The smallest absolute Gasteiger partial charge is 0.191 e. The first-order valence-electron chi connectivity index (χ1n) is 6.40. The van der Waals surface area contributed by atoms with Crippen molar-refractivity contribution in [3.8, 4) is 6.07 Å². The average molecular weight is 314 g/mol. The lowest BCUT2D eigenvalue weighted by Gasteiger charge is -2.10. The number of nitrogens with one attached hydrogen (secondary N) is 1. The van der Waals surface area contributed by atoms with Gasteiger partial charge in [-0.25, -0.2) is 14.4 Å². The van der Waals surface area contributed by atoms with E-state index in [0.29, 0.717) is 21.8 Å². The van der Waals surface area contributed by atoms with E-state index in [2.05, 4.69) is 19.9 Å². The van der Waals surface area contributed by atoms with Gasteiger partial charge < -0.3 is 10.7 Å². The molecule has 1 atom stereocenters. The summed E-state index contributed by atoms with van der Waals surface area (Å²) < 4.78 is 13.6. The van der Waals surface area contributed by atoms with Crippen molar-refractivity contribution >= 4 is 28.5 Å². The van der Waals surface area contributed by atoms with Gasteiger partial charge in [0.1, 0.15) is 23.4 Å². The fraction of sp³-hybridized carbons (Fsp3) is 0.143. The molecule has 0 radical (unpaired) electrons. The molecular formula is C14H11FN6S. The summed E-state index contributed by atoms with van der Waals surface area (Å²) >= 11 is 1.31. The van der Waals surface area contributed by atoms with E-state index in [-0.39, 0.29) is 22.6 Å². The monoisotopic (exact) mass is 314 g/mol. The van der Waals surface area contributed by atoms with Crippen molar-refractivity contribution in [1.29, 1.82) is 5.26 Å². The van der Waals surface area contributed by atoms with Gasteiger partial charge in [0.2, 0.25) is 0 Å². The van der Waals surface area contributed by atoms with Gasteiger partial charge >= 0.3 is 0 Å². The van der Waals surface area contributed by atoms with Crippen LogP contribution in [0.5, 0.6) is 0 Å². The zero-order chi connectivity index (χ0) is 15.7. The van der Waals surface area contributed by atoms with Gasteiger partial charge in [0, 0.05) is 17.6 Å². The molecule has 0 bridgehead atoms. The van der Waals surface area contributed by atoms with Crippen LogP contribution in [0.4, 0.5) is 10.2 Å². The van der Waals surface area contributed by atoms with Crippen LogP contribution in [-0.2, 0) is 0 Å². The Morgan fingerprint density at radius 3 is 3.00 bits per heavy atom. The standard InChI is InChI=1S/C14H11FN6S/c1-7(22-14-20-8(4-16)2-13(17)21-14)11-3-9-10(15)5-18-12(9)6-19-11/h2-3,5-7,18H,1H3,(H2,17,20,21). The number of nitriles is 1. The van der Waals surface area contributed by atoms with Crippen molar-refractivity contribution in [1.82, 2.24) is 19.9 Å². The number of thioether (sulfide) groups is 1. The topological polar surface area (TPSA) is 104 Å². The number of aromatic nitrogens is 4. The van der Waals surface area contributed by atoms with Gasteiger partial charge in [-0.2, -0.15) is 5.26 Å². The molecule has 0 aliphatic heterocycles. The molecule has 0 aliphatic rings. The molecular weight excluding hydrogens is 303 g/mol. The number of nitrogens with two attached hydrogens (primary N) is 1. The molecule has 0 aromatic carbocycles. The molecule has 3 heterocycles. The summed E-state index contributed by atoms with van der Waals surface area (Å²) in [6.45, 7) is 1.90. The molecule has 0 amide bonds. The van der Waals surface area contributed by atoms with E-state index < -0.39 is 0 Å². The number of H-pyrrole nitrogens is 1.